The molecule has 0 bridgehead atoms. The van der Waals surface area contributed by atoms with E-state index in [2.05, 4.69) is 33.6 Å². The number of hydrogen-bond donors (Lipinski definition) is 0. The molecule has 0 aliphatic carbocycles. The number of anilines is 1. The van der Waals surface area contributed by atoms with Crippen molar-refractivity contribution in [3.8, 4) is 11.3 Å². The second-order valence-electron chi connectivity index (χ2n) is 8.19. The summed E-state index contributed by atoms with van der Waals surface area (Å²) in [5, 5.41) is 0. The topological polar surface area (TPSA) is 50.1 Å². The molecular weight excluding hydrogens is 376 g/mol. The molecule has 0 saturated carbocycles. The lowest BCUT2D eigenvalue weighted by atomic mass is 10.1. The number of fused-ring (bicyclic) bond motifs is 1. The van der Waals surface area contributed by atoms with Gasteiger partial charge in [-0.1, -0.05) is 12.1 Å². The quantitative estimate of drug-likeness (QED) is 0.667. The average molecular weight is 405 g/mol. The molecule has 2 aliphatic rings. The molecule has 0 spiro atoms. The third kappa shape index (κ3) is 3.56. The number of aromatic nitrogens is 2. The number of amides is 1. The first-order chi connectivity index (χ1) is 14.7. The molecule has 6 nitrogen and oxygen atoms in total. The first kappa shape index (κ1) is 19.1. The van der Waals surface area contributed by atoms with Gasteiger partial charge in [0.1, 0.15) is 5.65 Å². The van der Waals surface area contributed by atoms with Gasteiger partial charge in [-0.05, 0) is 50.5 Å². The van der Waals surface area contributed by atoms with Crippen LogP contribution in [0.5, 0.6) is 0 Å². The van der Waals surface area contributed by atoms with E-state index in [9.17, 15) is 4.79 Å². The number of likely N-dealkylation sites (tertiary alicyclic amines) is 1. The highest BCUT2D eigenvalue weighted by Gasteiger charge is 2.20. The molecule has 4 heterocycles. The van der Waals surface area contributed by atoms with Crippen molar-refractivity contribution in [3.63, 3.8) is 0 Å². The molecule has 5 rings (SSSR count). The zero-order valence-corrected chi connectivity index (χ0v) is 17.5. The number of nitrogens with zero attached hydrogens (tertiary/aromatic N) is 4. The van der Waals surface area contributed by atoms with Crippen LogP contribution in [0.25, 0.3) is 16.9 Å². The van der Waals surface area contributed by atoms with Crippen LogP contribution in [0.1, 0.15) is 35.3 Å². The second kappa shape index (κ2) is 8.11. The van der Waals surface area contributed by atoms with Gasteiger partial charge in [0.05, 0.1) is 30.2 Å². The van der Waals surface area contributed by atoms with E-state index in [0.29, 0.717) is 0 Å². The van der Waals surface area contributed by atoms with E-state index in [-0.39, 0.29) is 5.91 Å². The lowest BCUT2D eigenvalue weighted by Gasteiger charge is -2.29. The number of benzene rings is 1. The van der Waals surface area contributed by atoms with Gasteiger partial charge in [0, 0.05) is 43.6 Å². The number of ether oxygens (including phenoxy) is 1. The van der Waals surface area contributed by atoms with Crippen molar-refractivity contribution >= 4 is 17.2 Å². The van der Waals surface area contributed by atoms with E-state index in [1.807, 2.05) is 30.2 Å². The molecule has 6 heteroatoms. The average Bonchev–Trinajstić information content (AvgIpc) is 3.14. The summed E-state index contributed by atoms with van der Waals surface area (Å²) in [6, 6.07) is 12.5. The van der Waals surface area contributed by atoms with Gasteiger partial charge >= 0.3 is 0 Å². The number of carbonyl (C=O) groups is 1. The molecule has 3 aromatic rings. The SMILES string of the molecule is Cc1nc2ccc(C(=O)N3CCCCC3)cn2c1-c1cccc(N2CCOCC2)c1. The largest absolute Gasteiger partial charge is 0.378 e. The monoisotopic (exact) mass is 404 g/mol. The maximum atomic E-state index is 13.0. The number of aryl methyl sites for hydroxylation is 1. The molecule has 156 valence electrons. The number of pyridine rings is 1. The summed E-state index contributed by atoms with van der Waals surface area (Å²) in [7, 11) is 0. The van der Waals surface area contributed by atoms with Crippen molar-refractivity contribution in [2.75, 3.05) is 44.3 Å². The van der Waals surface area contributed by atoms with Crippen molar-refractivity contribution in [3.05, 3.63) is 53.9 Å². The molecule has 2 fully saturated rings. The van der Waals surface area contributed by atoms with Gasteiger partial charge in [-0.2, -0.15) is 0 Å². The van der Waals surface area contributed by atoms with Crippen LogP contribution >= 0.6 is 0 Å². The van der Waals surface area contributed by atoms with Gasteiger partial charge in [-0.15, -0.1) is 0 Å². The zero-order chi connectivity index (χ0) is 20.5. The highest BCUT2D eigenvalue weighted by atomic mass is 16.5. The third-order valence-corrected chi connectivity index (χ3v) is 6.18. The van der Waals surface area contributed by atoms with Crippen LogP contribution in [0.4, 0.5) is 5.69 Å². The highest BCUT2D eigenvalue weighted by Crippen LogP contribution is 2.29. The van der Waals surface area contributed by atoms with E-state index >= 15 is 0 Å². The number of morpholine rings is 1. The summed E-state index contributed by atoms with van der Waals surface area (Å²) in [5.74, 6) is 0.121. The van der Waals surface area contributed by atoms with E-state index in [4.69, 9.17) is 9.72 Å². The fraction of sp³-hybridized carbons (Fsp3) is 0.417. The van der Waals surface area contributed by atoms with Crippen molar-refractivity contribution < 1.29 is 9.53 Å². The smallest absolute Gasteiger partial charge is 0.255 e. The van der Waals surface area contributed by atoms with Gasteiger partial charge in [0.2, 0.25) is 0 Å². The van der Waals surface area contributed by atoms with Gasteiger partial charge in [-0.3, -0.25) is 9.20 Å². The van der Waals surface area contributed by atoms with Gasteiger partial charge < -0.3 is 14.5 Å². The Morgan fingerprint density at radius 1 is 1.00 bits per heavy atom. The molecule has 0 unspecified atom stereocenters. The lowest BCUT2D eigenvalue weighted by Crippen LogP contribution is -2.36. The second-order valence-corrected chi connectivity index (χ2v) is 8.19. The normalized spacial score (nSPS) is 17.5. The Morgan fingerprint density at radius 2 is 1.80 bits per heavy atom. The summed E-state index contributed by atoms with van der Waals surface area (Å²) < 4.78 is 7.57. The Balaban J connectivity index is 1.52. The molecule has 2 aliphatic heterocycles. The predicted molar refractivity (Wildman–Crippen MR) is 118 cm³/mol. The number of hydrogen-bond acceptors (Lipinski definition) is 4. The molecular formula is C24H28N4O2. The van der Waals surface area contributed by atoms with E-state index in [1.54, 1.807) is 0 Å². The van der Waals surface area contributed by atoms with Crippen LogP contribution in [-0.4, -0.2) is 59.6 Å². The molecule has 0 atom stereocenters. The van der Waals surface area contributed by atoms with Crippen molar-refractivity contribution in [1.29, 1.82) is 0 Å². The highest BCUT2D eigenvalue weighted by molar-refractivity contribution is 5.94. The third-order valence-electron chi connectivity index (χ3n) is 6.18. The molecule has 2 saturated heterocycles. The predicted octanol–water partition coefficient (Wildman–Crippen LogP) is 3.77. The summed E-state index contributed by atoms with van der Waals surface area (Å²) in [6.07, 6.45) is 5.37. The number of imidazole rings is 1. The number of piperidine rings is 1. The van der Waals surface area contributed by atoms with Crippen molar-refractivity contribution in [1.82, 2.24) is 14.3 Å². The maximum Gasteiger partial charge on any atom is 0.255 e. The number of rotatable bonds is 3. The molecule has 30 heavy (non-hydrogen) atoms. The van der Waals surface area contributed by atoms with E-state index in [0.717, 1.165) is 80.4 Å². The van der Waals surface area contributed by atoms with Crippen LogP contribution in [0.15, 0.2) is 42.6 Å². The van der Waals surface area contributed by atoms with E-state index < -0.39 is 0 Å². The minimum atomic E-state index is 0.121. The first-order valence-corrected chi connectivity index (χ1v) is 10.9. The summed E-state index contributed by atoms with van der Waals surface area (Å²) in [4.78, 5) is 22.1. The fourth-order valence-corrected chi connectivity index (χ4v) is 4.59. The minimum absolute atomic E-state index is 0.121. The van der Waals surface area contributed by atoms with Crippen molar-refractivity contribution in [2.24, 2.45) is 0 Å². The Labute approximate surface area is 177 Å². The van der Waals surface area contributed by atoms with Crippen LogP contribution in [0.3, 0.4) is 0 Å². The van der Waals surface area contributed by atoms with Crippen LogP contribution in [-0.2, 0) is 4.74 Å². The van der Waals surface area contributed by atoms with Crippen LogP contribution in [0, 0.1) is 6.92 Å². The van der Waals surface area contributed by atoms with Crippen LogP contribution < -0.4 is 4.90 Å². The minimum Gasteiger partial charge on any atom is -0.378 e. The summed E-state index contributed by atoms with van der Waals surface area (Å²) in [5.41, 5.74) is 5.93. The Bertz CT molecular complexity index is 1060. The van der Waals surface area contributed by atoms with Gasteiger partial charge in [0.25, 0.3) is 5.91 Å². The lowest BCUT2D eigenvalue weighted by molar-refractivity contribution is 0.0724. The van der Waals surface area contributed by atoms with Crippen LogP contribution in [0.2, 0.25) is 0 Å². The van der Waals surface area contributed by atoms with Crippen molar-refractivity contribution in [2.45, 2.75) is 26.2 Å². The molecule has 0 radical (unpaired) electrons. The van der Waals surface area contributed by atoms with E-state index in [1.165, 1.54) is 12.1 Å². The zero-order valence-electron chi connectivity index (χ0n) is 17.5. The Hall–Kier alpha value is -2.86. The Kier molecular flexibility index (Phi) is 5.17. The molecule has 1 amide bonds. The maximum absolute atomic E-state index is 13.0. The first-order valence-electron chi connectivity index (χ1n) is 10.9. The van der Waals surface area contributed by atoms with Gasteiger partial charge in [0.15, 0.2) is 0 Å². The standard InChI is InChI=1S/C24H28N4O2/c1-18-23(19-6-5-7-21(16-19)26-12-14-30-15-13-26)28-17-20(8-9-22(28)25-18)24(29)27-10-3-2-4-11-27/h5-9,16-17H,2-4,10-15H2,1H3. The molecule has 1 aromatic carbocycles. The summed E-state index contributed by atoms with van der Waals surface area (Å²) in [6.45, 7) is 7.09. The Morgan fingerprint density at radius 3 is 2.60 bits per heavy atom. The fourth-order valence-electron chi connectivity index (χ4n) is 4.59. The number of carbonyl (C=O) groups excluding carboxylic acids is 1. The molecule has 0 N–H and O–H groups in total. The summed E-state index contributed by atoms with van der Waals surface area (Å²) >= 11 is 0. The van der Waals surface area contributed by atoms with Gasteiger partial charge in [-0.25, -0.2) is 4.98 Å². The molecule has 2 aromatic heterocycles.